The predicted molar refractivity (Wildman–Crippen MR) is 418 cm³/mol. The van der Waals surface area contributed by atoms with E-state index in [0.29, 0.717) is 25.7 Å². The van der Waals surface area contributed by atoms with Crippen molar-refractivity contribution >= 4 is 39.5 Å². The first-order valence-corrected chi connectivity index (χ1v) is 46.1. The molecule has 0 aromatic rings. The molecule has 5 atom stereocenters. The molecule has 0 aliphatic rings. The van der Waals surface area contributed by atoms with E-state index in [0.717, 1.165) is 95.8 Å². The molecule has 0 rings (SSSR count). The van der Waals surface area contributed by atoms with E-state index in [1.165, 1.54) is 270 Å². The fourth-order valence-corrected chi connectivity index (χ4v) is 14.5. The number of esters is 4. The number of ether oxygens (including phenoxy) is 4. The zero-order chi connectivity index (χ0) is 74.8. The molecule has 19 heteroatoms. The van der Waals surface area contributed by atoms with Crippen LogP contribution in [0.25, 0.3) is 0 Å². The average Bonchev–Trinajstić information content (AvgIpc) is 0.920. The van der Waals surface area contributed by atoms with Gasteiger partial charge in [-0.25, -0.2) is 9.13 Å². The molecule has 102 heavy (non-hydrogen) atoms. The van der Waals surface area contributed by atoms with E-state index in [-0.39, 0.29) is 25.7 Å². The van der Waals surface area contributed by atoms with Gasteiger partial charge in [0.05, 0.1) is 26.4 Å². The van der Waals surface area contributed by atoms with E-state index < -0.39 is 97.5 Å². The van der Waals surface area contributed by atoms with Gasteiger partial charge in [-0.05, 0) is 31.6 Å². The summed E-state index contributed by atoms with van der Waals surface area (Å²) in [7, 11) is -9.92. The van der Waals surface area contributed by atoms with Crippen molar-refractivity contribution in [3.8, 4) is 0 Å². The lowest BCUT2D eigenvalue weighted by molar-refractivity contribution is -0.161. The Bertz CT molecular complexity index is 1940. The molecule has 0 fully saturated rings. The third kappa shape index (κ3) is 76.3. The second-order valence-corrected chi connectivity index (χ2v) is 33.3. The zero-order valence-electron chi connectivity index (χ0n) is 66.8. The number of aliphatic hydroxyl groups excluding tert-OH is 1. The van der Waals surface area contributed by atoms with E-state index >= 15 is 0 Å². The number of phosphoric ester groups is 2. The zero-order valence-corrected chi connectivity index (χ0v) is 68.5. The van der Waals surface area contributed by atoms with E-state index in [1.807, 2.05) is 0 Å². The van der Waals surface area contributed by atoms with Gasteiger partial charge in [0.25, 0.3) is 0 Å². The molecule has 3 N–H and O–H groups in total. The maximum absolute atomic E-state index is 13.1. The number of aliphatic hydroxyl groups is 1. The minimum Gasteiger partial charge on any atom is -0.462 e. The smallest absolute Gasteiger partial charge is 0.462 e. The van der Waals surface area contributed by atoms with E-state index in [9.17, 15) is 43.2 Å². The van der Waals surface area contributed by atoms with E-state index in [2.05, 4.69) is 34.6 Å². The molecule has 0 aliphatic carbocycles. The number of carbonyl (C=O) groups is 4. The van der Waals surface area contributed by atoms with Gasteiger partial charge in [-0.2, -0.15) is 0 Å². The molecule has 0 aromatic heterocycles. The molecule has 17 nitrogen and oxygen atoms in total. The van der Waals surface area contributed by atoms with Gasteiger partial charge >= 0.3 is 39.5 Å². The van der Waals surface area contributed by atoms with Crippen molar-refractivity contribution in [1.29, 1.82) is 0 Å². The standard InChI is InChI=1S/C83H162O17P2/c1-6-9-12-15-18-21-24-27-29-31-33-35-37-40-43-48-54-59-64-69-83(88)99-78(72-93-80(85)66-61-56-51-46-41-39-36-34-32-30-28-25-22-19-16-13-10-7-2)74-97-101(89,90)95-70-77(84)71-96-102(91,92)98-75-79(73-94-81(86)67-62-57-52-49-44-45-50-55-60-65-76(4)5)100-82(87)68-63-58-53-47-42-38-26-23-20-17-14-11-8-3/h76-79,84H,6-75H2,1-5H3,(H,89,90)(H,91,92)/t77-,78-,79-/m1/s1. The highest BCUT2D eigenvalue weighted by atomic mass is 31.2. The van der Waals surface area contributed by atoms with Gasteiger partial charge in [0.2, 0.25) is 0 Å². The van der Waals surface area contributed by atoms with Gasteiger partial charge in [0, 0.05) is 25.7 Å². The van der Waals surface area contributed by atoms with Crippen LogP contribution in [0.5, 0.6) is 0 Å². The lowest BCUT2D eigenvalue weighted by atomic mass is 10.0. The Hall–Kier alpha value is -1.94. The van der Waals surface area contributed by atoms with Crippen molar-refractivity contribution < 1.29 is 80.2 Å². The van der Waals surface area contributed by atoms with Gasteiger partial charge in [0.1, 0.15) is 19.3 Å². The van der Waals surface area contributed by atoms with Crippen LogP contribution in [0.15, 0.2) is 0 Å². The Morgan fingerprint density at radius 3 is 0.667 bits per heavy atom. The SMILES string of the molecule is CCCCCCCCCCCCCCCCCCCCCC(=O)O[C@H](COC(=O)CCCCCCCCCCCCCCCCCCCC)COP(=O)(O)OC[C@@H](O)COP(=O)(O)OC[C@@H](COC(=O)CCCCCCCCCCCC(C)C)OC(=O)CCCCCCCCCCCCCCC. The summed E-state index contributed by atoms with van der Waals surface area (Å²) in [6.45, 7) is 7.33. The lowest BCUT2D eigenvalue weighted by Crippen LogP contribution is -2.30. The summed E-state index contributed by atoms with van der Waals surface area (Å²) in [5.41, 5.74) is 0. The third-order valence-corrected chi connectivity index (χ3v) is 21.4. The molecule has 606 valence electrons. The second kappa shape index (κ2) is 75.9. The normalized spacial score (nSPS) is 13.8. The van der Waals surface area contributed by atoms with Crippen LogP contribution >= 0.6 is 15.6 Å². The quantitative estimate of drug-likeness (QED) is 0.0222. The molecule has 0 bridgehead atoms. The van der Waals surface area contributed by atoms with Gasteiger partial charge in [-0.1, -0.05) is 394 Å². The van der Waals surface area contributed by atoms with Crippen molar-refractivity contribution in [2.75, 3.05) is 39.6 Å². The Labute approximate surface area is 626 Å². The topological polar surface area (TPSA) is 237 Å². The number of unbranched alkanes of at least 4 members (excludes halogenated alkanes) is 55. The van der Waals surface area contributed by atoms with Crippen molar-refractivity contribution in [3.05, 3.63) is 0 Å². The van der Waals surface area contributed by atoms with Gasteiger partial charge in [0.15, 0.2) is 12.2 Å². The first-order chi connectivity index (χ1) is 49.5. The Morgan fingerprint density at radius 2 is 0.451 bits per heavy atom. The maximum atomic E-state index is 13.1. The Kier molecular flexibility index (Phi) is 74.4. The fraction of sp³-hybridized carbons (Fsp3) is 0.952. The van der Waals surface area contributed by atoms with E-state index in [1.54, 1.807) is 0 Å². The molecule has 0 heterocycles. The van der Waals surface area contributed by atoms with Crippen molar-refractivity contribution in [2.24, 2.45) is 5.92 Å². The minimum atomic E-state index is -4.96. The number of phosphoric acid groups is 2. The van der Waals surface area contributed by atoms with Gasteiger partial charge < -0.3 is 33.8 Å². The van der Waals surface area contributed by atoms with Crippen LogP contribution in [0, 0.1) is 5.92 Å². The molecule has 0 radical (unpaired) electrons. The van der Waals surface area contributed by atoms with Crippen LogP contribution in [0.1, 0.15) is 446 Å². The number of rotatable bonds is 83. The molecule has 0 amide bonds. The summed E-state index contributed by atoms with van der Waals surface area (Å²) in [6.07, 6.45) is 68.0. The van der Waals surface area contributed by atoms with Crippen LogP contribution in [-0.4, -0.2) is 96.7 Å². The number of hydrogen-bond acceptors (Lipinski definition) is 15. The van der Waals surface area contributed by atoms with Gasteiger partial charge in [-0.15, -0.1) is 0 Å². The summed E-state index contributed by atoms with van der Waals surface area (Å²) in [5, 5.41) is 10.7. The first-order valence-electron chi connectivity index (χ1n) is 43.1. The fourth-order valence-electron chi connectivity index (χ4n) is 12.9. The summed E-state index contributed by atoms with van der Waals surface area (Å²) in [5.74, 6) is -1.36. The maximum Gasteiger partial charge on any atom is 0.472 e. The van der Waals surface area contributed by atoms with Crippen LogP contribution in [0.4, 0.5) is 0 Å². The number of carbonyl (C=O) groups excluding carboxylic acids is 4. The lowest BCUT2D eigenvalue weighted by Gasteiger charge is -2.21. The van der Waals surface area contributed by atoms with Crippen LogP contribution in [0.2, 0.25) is 0 Å². The molecule has 0 aromatic carbocycles. The summed E-state index contributed by atoms with van der Waals surface area (Å²) in [6, 6.07) is 0. The highest BCUT2D eigenvalue weighted by Crippen LogP contribution is 2.45. The van der Waals surface area contributed by atoms with Crippen LogP contribution in [-0.2, 0) is 65.4 Å². The molecule has 2 unspecified atom stereocenters. The summed E-state index contributed by atoms with van der Waals surface area (Å²) in [4.78, 5) is 73.1. The van der Waals surface area contributed by atoms with E-state index in [4.69, 9.17) is 37.0 Å². The first kappa shape index (κ1) is 100. The molecule has 0 saturated heterocycles. The highest BCUT2D eigenvalue weighted by molar-refractivity contribution is 7.47. The summed E-state index contributed by atoms with van der Waals surface area (Å²) < 4.78 is 68.8. The largest absolute Gasteiger partial charge is 0.472 e. The molecule has 0 saturated carbocycles. The van der Waals surface area contributed by atoms with Crippen LogP contribution < -0.4 is 0 Å². The number of hydrogen-bond donors (Lipinski definition) is 3. The van der Waals surface area contributed by atoms with Crippen molar-refractivity contribution in [2.45, 2.75) is 464 Å². The third-order valence-electron chi connectivity index (χ3n) is 19.5. The minimum absolute atomic E-state index is 0.108. The average molecular weight is 1490 g/mol. The summed E-state index contributed by atoms with van der Waals surface area (Å²) >= 11 is 0. The Balaban J connectivity index is 5.24. The van der Waals surface area contributed by atoms with Crippen LogP contribution in [0.3, 0.4) is 0 Å². The molecular formula is C83H162O17P2. The monoisotopic (exact) mass is 1490 g/mol. The van der Waals surface area contributed by atoms with Crippen molar-refractivity contribution in [3.63, 3.8) is 0 Å². The molecular weight excluding hydrogens is 1330 g/mol. The Morgan fingerprint density at radius 1 is 0.265 bits per heavy atom. The molecule has 0 spiro atoms. The second-order valence-electron chi connectivity index (χ2n) is 30.3. The highest BCUT2D eigenvalue weighted by Gasteiger charge is 2.30. The van der Waals surface area contributed by atoms with Gasteiger partial charge in [-0.3, -0.25) is 37.3 Å². The van der Waals surface area contributed by atoms with Crippen molar-refractivity contribution in [1.82, 2.24) is 0 Å². The predicted octanol–water partition coefficient (Wildman–Crippen LogP) is 25.2. The molecule has 0 aliphatic heterocycles.